The molecule has 0 heterocycles. The van der Waals surface area contributed by atoms with Crippen molar-refractivity contribution in [3.63, 3.8) is 0 Å². The highest BCUT2D eigenvalue weighted by molar-refractivity contribution is 7.99. The Morgan fingerprint density at radius 1 is 1.46 bits per heavy atom. The maximum Gasteiger partial charge on any atom is 0.320 e. The van der Waals surface area contributed by atoms with Crippen LogP contribution in [0.25, 0.3) is 0 Å². The molecule has 1 unspecified atom stereocenters. The highest BCUT2D eigenvalue weighted by Gasteiger charge is 2.09. The lowest BCUT2D eigenvalue weighted by Crippen LogP contribution is -2.29. The third-order valence-corrected chi connectivity index (χ3v) is 2.99. The molecule has 0 aromatic heterocycles. The van der Waals surface area contributed by atoms with E-state index >= 15 is 0 Å². The molecule has 4 heteroatoms. The van der Waals surface area contributed by atoms with Gasteiger partial charge in [-0.3, -0.25) is 4.79 Å². The topological polar surface area (TPSA) is 63.3 Å². The van der Waals surface area contributed by atoms with Gasteiger partial charge in [-0.25, -0.2) is 0 Å². The van der Waals surface area contributed by atoms with Crippen molar-refractivity contribution in [1.29, 1.82) is 0 Å². The Labute approximate surface area is 84.1 Å². The van der Waals surface area contributed by atoms with Gasteiger partial charge in [-0.05, 0) is 30.8 Å². The third kappa shape index (κ3) is 8.12. The number of rotatable bonds is 8. The second-order valence-electron chi connectivity index (χ2n) is 3.05. The quantitative estimate of drug-likeness (QED) is 0.592. The molecule has 3 nitrogen and oxygen atoms in total. The predicted octanol–water partition coefficient (Wildman–Crippen LogP) is 1.71. The lowest BCUT2D eigenvalue weighted by atomic mass is 10.1. The molecule has 0 radical (unpaired) electrons. The van der Waals surface area contributed by atoms with E-state index in [4.69, 9.17) is 10.8 Å². The standard InChI is InChI=1S/C9H19NO2S/c1-2-6-13-7-4-3-5-8(10)9(11)12/h8H,2-7,10H2,1H3,(H,11,12). The van der Waals surface area contributed by atoms with Gasteiger partial charge in [-0.15, -0.1) is 0 Å². The molecule has 13 heavy (non-hydrogen) atoms. The Balaban J connectivity index is 3.11. The van der Waals surface area contributed by atoms with E-state index in [1.807, 2.05) is 11.8 Å². The number of carboxylic acid groups (broad SMARTS) is 1. The molecule has 0 saturated heterocycles. The zero-order chi connectivity index (χ0) is 10.1. The summed E-state index contributed by atoms with van der Waals surface area (Å²) in [6.07, 6.45) is 3.80. The minimum absolute atomic E-state index is 0.599. The maximum atomic E-state index is 10.3. The first-order valence-corrected chi connectivity index (χ1v) is 5.90. The zero-order valence-corrected chi connectivity index (χ0v) is 8.98. The Hall–Kier alpha value is -0.220. The van der Waals surface area contributed by atoms with E-state index in [2.05, 4.69) is 6.92 Å². The van der Waals surface area contributed by atoms with E-state index in [1.165, 1.54) is 12.2 Å². The summed E-state index contributed by atoms with van der Waals surface area (Å²) >= 11 is 1.93. The summed E-state index contributed by atoms with van der Waals surface area (Å²) in [5, 5.41) is 8.49. The van der Waals surface area contributed by atoms with Gasteiger partial charge in [0.15, 0.2) is 0 Å². The number of hydrogen-bond donors (Lipinski definition) is 2. The Bertz CT molecular complexity index is 142. The van der Waals surface area contributed by atoms with Gasteiger partial charge in [-0.2, -0.15) is 11.8 Å². The maximum absolute atomic E-state index is 10.3. The largest absolute Gasteiger partial charge is 0.480 e. The summed E-state index contributed by atoms with van der Waals surface area (Å²) in [5.41, 5.74) is 5.35. The molecule has 0 aliphatic carbocycles. The van der Waals surface area contributed by atoms with E-state index in [-0.39, 0.29) is 0 Å². The lowest BCUT2D eigenvalue weighted by Gasteiger charge is -2.05. The first kappa shape index (κ1) is 12.8. The lowest BCUT2D eigenvalue weighted by molar-refractivity contribution is -0.138. The second kappa shape index (κ2) is 8.38. The summed E-state index contributed by atoms with van der Waals surface area (Å²) in [6.45, 7) is 2.16. The van der Waals surface area contributed by atoms with Crippen molar-refractivity contribution in [2.45, 2.75) is 38.6 Å². The number of hydrogen-bond acceptors (Lipinski definition) is 3. The fourth-order valence-electron chi connectivity index (χ4n) is 0.938. The molecule has 0 fully saturated rings. The zero-order valence-electron chi connectivity index (χ0n) is 8.16. The molecule has 0 aliphatic heterocycles. The molecule has 3 N–H and O–H groups in total. The van der Waals surface area contributed by atoms with Crippen LogP contribution in [0.4, 0.5) is 0 Å². The van der Waals surface area contributed by atoms with Crippen LogP contribution in [0.2, 0.25) is 0 Å². The van der Waals surface area contributed by atoms with Crippen LogP contribution in [-0.2, 0) is 4.79 Å². The van der Waals surface area contributed by atoms with Gasteiger partial charge >= 0.3 is 5.97 Å². The number of aliphatic carboxylic acids is 1. The van der Waals surface area contributed by atoms with E-state index < -0.39 is 12.0 Å². The normalized spacial score (nSPS) is 12.8. The van der Waals surface area contributed by atoms with Crippen molar-refractivity contribution >= 4 is 17.7 Å². The first-order chi connectivity index (χ1) is 6.18. The summed E-state index contributed by atoms with van der Waals surface area (Å²) in [4.78, 5) is 10.3. The Kier molecular flexibility index (Phi) is 8.24. The summed E-state index contributed by atoms with van der Waals surface area (Å²) in [6, 6.07) is -0.670. The summed E-state index contributed by atoms with van der Waals surface area (Å²) in [5.74, 6) is 1.44. The molecule has 0 spiro atoms. The summed E-state index contributed by atoms with van der Waals surface area (Å²) in [7, 11) is 0. The molecular formula is C9H19NO2S. The molecule has 0 rings (SSSR count). The second-order valence-corrected chi connectivity index (χ2v) is 4.28. The Morgan fingerprint density at radius 2 is 2.15 bits per heavy atom. The van der Waals surface area contributed by atoms with E-state index in [0.717, 1.165) is 18.6 Å². The molecule has 0 aromatic rings. The van der Waals surface area contributed by atoms with Crippen molar-refractivity contribution in [3.8, 4) is 0 Å². The van der Waals surface area contributed by atoms with Crippen LogP contribution in [0.3, 0.4) is 0 Å². The molecule has 0 bridgehead atoms. The molecule has 0 amide bonds. The molecule has 1 atom stereocenters. The van der Waals surface area contributed by atoms with Crippen molar-refractivity contribution in [2.24, 2.45) is 5.73 Å². The van der Waals surface area contributed by atoms with Crippen LogP contribution in [0.5, 0.6) is 0 Å². The number of carboxylic acids is 1. The van der Waals surface area contributed by atoms with Crippen LogP contribution in [0, 0.1) is 0 Å². The molecule has 0 aliphatic rings. The Morgan fingerprint density at radius 3 is 2.69 bits per heavy atom. The van der Waals surface area contributed by atoms with Gasteiger partial charge in [0.2, 0.25) is 0 Å². The minimum atomic E-state index is -0.888. The van der Waals surface area contributed by atoms with Crippen molar-refractivity contribution < 1.29 is 9.90 Å². The average Bonchev–Trinajstić information content (AvgIpc) is 2.10. The molecule has 0 saturated carbocycles. The average molecular weight is 205 g/mol. The van der Waals surface area contributed by atoms with Crippen LogP contribution in [0.15, 0.2) is 0 Å². The fraction of sp³-hybridized carbons (Fsp3) is 0.889. The van der Waals surface area contributed by atoms with Crippen LogP contribution in [-0.4, -0.2) is 28.6 Å². The predicted molar refractivity (Wildman–Crippen MR) is 57.1 cm³/mol. The van der Waals surface area contributed by atoms with Gasteiger partial charge in [0.05, 0.1) is 0 Å². The van der Waals surface area contributed by atoms with Crippen LogP contribution >= 0.6 is 11.8 Å². The van der Waals surface area contributed by atoms with E-state index in [0.29, 0.717) is 6.42 Å². The van der Waals surface area contributed by atoms with E-state index in [9.17, 15) is 4.79 Å². The van der Waals surface area contributed by atoms with Gasteiger partial charge in [0, 0.05) is 0 Å². The SMILES string of the molecule is CCCSCCCCC(N)C(=O)O. The number of thioether (sulfide) groups is 1. The van der Waals surface area contributed by atoms with Gasteiger partial charge in [0.25, 0.3) is 0 Å². The van der Waals surface area contributed by atoms with Gasteiger partial charge < -0.3 is 10.8 Å². The van der Waals surface area contributed by atoms with Crippen molar-refractivity contribution in [1.82, 2.24) is 0 Å². The highest BCUT2D eigenvalue weighted by atomic mass is 32.2. The molecule has 0 aromatic carbocycles. The first-order valence-electron chi connectivity index (χ1n) is 4.74. The van der Waals surface area contributed by atoms with E-state index in [1.54, 1.807) is 0 Å². The third-order valence-electron chi connectivity index (χ3n) is 1.72. The fourth-order valence-corrected chi connectivity index (χ4v) is 1.84. The summed E-state index contributed by atoms with van der Waals surface area (Å²) < 4.78 is 0. The van der Waals surface area contributed by atoms with Gasteiger partial charge in [0.1, 0.15) is 6.04 Å². The number of unbranched alkanes of at least 4 members (excludes halogenated alkanes) is 1. The molecular weight excluding hydrogens is 186 g/mol. The van der Waals surface area contributed by atoms with Crippen LogP contribution < -0.4 is 5.73 Å². The molecule has 78 valence electrons. The van der Waals surface area contributed by atoms with Crippen LogP contribution in [0.1, 0.15) is 32.6 Å². The highest BCUT2D eigenvalue weighted by Crippen LogP contribution is 2.08. The smallest absolute Gasteiger partial charge is 0.320 e. The van der Waals surface area contributed by atoms with Crippen molar-refractivity contribution in [3.05, 3.63) is 0 Å². The number of carbonyl (C=O) groups is 1. The van der Waals surface area contributed by atoms with Crippen molar-refractivity contribution in [2.75, 3.05) is 11.5 Å². The minimum Gasteiger partial charge on any atom is -0.480 e. The monoisotopic (exact) mass is 205 g/mol. The number of nitrogens with two attached hydrogens (primary N) is 1. The van der Waals surface area contributed by atoms with Gasteiger partial charge in [-0.1, -0.05) is 13.3 Å².